The number of methoxy groups -OCH3 is 1. The van der Waals surface area contributed by atoms with Crippen molar-refractivity contribution in [3.8, 4) is 0 Å². The topological polar surface area (TPSA) is 9.23 Å². The van der Waals surface area contributed by atoms with Crippen molar-refractivity contribution in [3.05, 3.63) is 11.6 Å². The summed E-state index contributed by atoms with van der Waals surface area (Å²) in [5.41, 5.74) is 1.55. The Bertz CT molecular complexity index is 156. The summed E-state index contributed by atoms with van der Waals surface area (Å²) in [6.07, 6.45) is 7.80. The average molecular weight is 168 g/mol. The zero-order valence-electron chi connectivity index (χ0n) is 8.47. The molecule has 70 valence electrons. The molecule has 0 saturated heterocycles. The third-order valence-corrected chi connectivity index (χ3v) is 2.91. The summed E-state index contributed by atoms with van der Waals surface area (Å²) >= 11 is 0. The molecular formula is C11H20O. The molecule has 1 heteroatoms. The van der Waals surface area contributed by atoms with Gasteiger partial charge in [0.05, 0.1) is 6.10 Å². The Morgan fingerprint density at radius 3 is 2.83 bits per heavy atom. The fraction of sp³-hybridized carbons (Fsp3) is 0.818. The van der Waals surface area contributed by atoms with E-state index in [2.05, 4.69) is 19.9 Å². The maximum atomic E-state index is 5.44. The SMILES string of the molecule is CCC(OC)C1CC=C(C)CC1. The lowest BCUT2D eigenvalue weighted by Gasteiger charge is -2.27. The van der Waals surface area contributed by atoms with E-state index < -0.39 is 0 Å². The molecule has 0 spiro atoms. The maximum absolute atomic E-state index is 5.44. The van der Waals surface area contributed by atoms with Crippen LogP contribution in [0.3, 0.4) is 0 Å². The number of hydrogen-bond donors (Lipinski definition) is 0. The Labute approximate surface area is 75.8 Å². The first kappa shape index (κ1) is 9.79. The molecular weight excluding hydrogens is 148 g/mol. The predicted molar refractivity (Wildman–Crippen MR) is 52.2 cm³/mol. The van der Waals surface area contributed by atoms with E-state index in [-0.39, 0.29) is 0 Å². The molecule has 1 aliphatic carbocycles. The molecule has 2 unspecified atom stereocenters. The Kier molecular flexibility index (Phi) is 3.80. The summed E-state index contributed by atoms with van der Waals surface area (Å²) in [5.74, 6) is 0.767. The van der Waals surface area contributed by atoms with Gasteiger partial charge in [0, 0.05) is 7.11 Å². The van der Waals surface area contributed by atoms with Crippen LogP contribution in [0, 0.1) is 5.92 Å². The zero-order chi connectivity index (χ0) is 8.97. The molecule has 0 N–H and O–H groups in total. The monoisotopic (exact) mass is 168 g/mol. The van der Waals surface area contributed by atoms with E-state index in [1.165, 1.54) is 19.3 Å². The molecule has 12 heavy (non-hydrogen) atoms. The molecule has 0 aromatic carbocycles. The number of hydrogen-bond acceptors (Lipinski definition) is 1. The van der Waals surface area contributed by atoms with Gasteiger partial charge in [-0.3, -0.25) is 0 Å². The van der Waals surface area contributed by atoms with Crippen molar-refractivity contribution in [1.82, 2.24) is 0 Å². The van der Waals surface area contributed by atoms with Gasteiger partial charge >= 0.3 is 0 Å². The van der Waals surface area contributed by atoms with Gasteiger partial charge in [-0.25, -0.2) is 0 Å². The van der Waals surface area contributed by atoms with Crippen LogP contribution in [0.1, 0.15) is 39.5 Å². The lowest BCUT2D eigenvalue weighted by molar-refractivity contribution is 0.0449. The Balaban J connectivity index is 2.43. The van der Waals surface area contributed by atoms with Crippen molar-refractivity contribution in [3.63, 3.8) is 0 Å². The minimum atomic E-state index is 0.481. The van der Waals surface area contributed by atoms with Crippen LogP contribution in [-0.4, -0.2) is 13.2 Å². The van der Waals surface area contributed by atoms with E-state index in [4.69, 9.17) is 4.74 Å². The lowest BCUT2D eigenvalue weighted by atomic mass is 9.85. The largest absolute Gasteiger partial charge is 0.381 e. The summed E-state index contributed by atoms with van der Waals surface area (Å²) in [6, 6.07) is 0. The van der Waals surface area contributed by atoms with E-state index in [0.717, 1.165) is 12.3 Å². The highest BCUT2D eigenvalue weighted by Crippen LogP contribution is 2.28. The quantitative estimate of drug-likeness (QED) is 0.588. The fourth-order valence-electron chi connectivity index (χ4n) is 2.02. The molecule has 1 aliphatic rings. The minimum Gasteiger partial charge on any atom is -0.381 e. The van der Waals surface area contributed by atoms with Crippen LogP contribution in [0.25, 0.3) is 0 Å². The zero-order valence-corrected chi connectivity index (χ0v) is 8.47. The van der Waals surface area contributed by atoms with Gasteiger partial charge in [-0.1, -0.05) is 18.6 Å². The first-order valence-electron chi connectivity index (χ1n) is 4.96. The van der Waals surface area contributed by atoms with Crippen molar-refractivity contribution in [2.24, 2.45) is 5.92 Å². The summed E-state index contributed by atoms with van der Waals surface area (Å²) in [7, 11) is 1.83. The van der Waals surface area contributed by atoms with Gasteiger partial charge in [-0.2, -0.15) is 0 Å². The summed E-state index contributed by atoms with van der Waals surface area (Å²) in [6.45, 7) is 4.43. The fourth-order valence-corrected chi connectivity index (χ4v) is 2.02. The van der Waals surface area contributed by atoms with Crippen LogP contribution < -0.4 is 0 Å². The van der Waals surface area contributed by atoms with E-state index in [1.54, 1.807) is 5.57 Å². The van der Waals surface area contributed by atoms with Crippen molar-refractivity contribution in [2.75, 3.05) is 7.11 Å². The van der Waals surface area contributed by atoms with Crippen LogP contribution in [-0.2, 0) is 4.74 Å². The first-order chi connectivity index (χ1) is 5.77. The number of rotatable bonds is 3. The molecule has 0 fully saturated rings. The van der Waals surface area contributed by atoms with Gasteiger partial charge in [-0.05, 0) is 38.5 Å². The summed E-state index contributed by atoms with van der Waals surface area (Å²) in [5, 5.41) is 0. The smallest absolute Gasteiger partial charge is 0.0599 e. The molecule has 0 heterocycles. The minimum absolute atomic E-state index is 0.481. The third-order valence-electron chi connectivity index (χ3n) is 2.91. The van der Waals surface area contributed by atoms with E-state index in [9.17, 15) is 0 Å². The second kappa shape index (κ2) is 4.66. The second-order valence-electron chi connectivity index (χ2n) is 3.77. The van der Waals surface area contributed by atoms with Crippen molar-refractivity contribution in [2.45, 2.75) is 45.6 Å². The van der Waals surface area contributed by atoms with Gasteiger partial charge in [0.2, 0.25) is 0 Å². The number of ether oxygens (including phenoxy) is 1. The van der Waals surface area contributed by atoms with Gasteiger partial charge < -0.3 is 4.74 Å². The van der Waals surface area contributed by atoms with Crippen molar-refractivity contribution in [1.29, 1.82) is 0 Å². The Hall–Kier alpha value is -0.300. The first-order valence-corrected chi connectivity index (χ1v) is 4.96. The van der Waals surface area contributed by atoms with Crippen LogP contribution in [0.15, 0.2) is 11.6 Å². The van der Waals surface area contributed by atoms with Crippen molar-refractivity contribution >= 4 is 0 Å². The highest BCUT2D eigenvalue weighted by atomic mass is 16.5. The van der Waals surface area contributed by atoms with Gasteiger partial charge in [0.15, 0.2) is 0 Å². The molecule has 2 atom stereocenters. The van der Waals surface area contributed by atoms with Crippen LogP contribution >= 0.6 is 0 Å². The second-order valence-corrected chi connectivity index (χ2v) is 3.77. The maximum Gasteiger partial charge on any atom is 0.0599 e. The normalized spacial score (nSPS) is 26.6. The molecule has 0 aromatic heterocycles. The molecule has 0 saturated carbocycles. The highest BCUT2D eigenvalue weighted by molar-refractivity contribution is 5.03. The van der Waals surface area contributed by atoms with Crippen LogP contribution in [0.5, 0.6) is 0 Å². The number of allylic oxidation sites excluding steroid dienone is 2. The van der Waals surface area contributed by atoms with E-state index in [1.807, 2.05) is 7.11 Å². The molecule has 0 amide bonds. The van der Waals surface area contributed by atoms with Gasteiger partial charge in [0.25, 0.3) is 0 Å². The standard InChI is InChI=1S/C11H20O/c1-4-11(12-3)10-7-5-9(2)6-8-10/h5,10-11H,4,6-8H2,1-3H3. The molecule has 0 aliphatic heterocycles. The lowest BCUT2D eigenvalue weighted by Crippen LogP contribution is -2.23. The molecule has 0 aromatic rings. The molecule has 1 rings (SSSR count). The summed E-state index contributed by atoms with van der Waals surface area (Å²) < 4.78 is 5.44. The Morgan fingerprint density at radius 2 is 2.42 bits per heavy atom. The highest BCUT2D eigenvalue weighted by Gasteiger charge is 2.20. The third kappa shape index (κ3) is 2.34. The van der Waals surface area contributed by atoms with Gasteiger partial charge in [-0.15, -0.1) is 0 Å². The molecule has 0 radical (unpaired) electrons. The van der Waals surface area contributed by atoms with Crippen LogP contribution in [0.4, 0.5) is 0 Å². The average Bonchev–Trinajstić information content (AvgIpc) is 2.10. The molecule has 1 nitrogen and oxygen atoms in total. The van der Waals surface area contributed by atoms with E-state index >= 15 is 0 Å². The van der Waals surface area contributed by atoms with E-state index in [0.29, 0.717) is 6.10 Å². The van der Waals surface area contributed by atoms with Crippen LogP contribution in [0.2, 0.25) is 0 Å². The molecule has 0 bridgehead atoms. The predicted octanol–water partition coefficient (Wildman–Crippen LogP) is 3.16. The van der Waals surface area contributed by atoms with Gasteiger partial charge in [0.1, 0.15) is 0 Å². The Morgan fingerprint density at radius 1 is 1.67 bits per heavy atom. The summed E-state index contributed by atoms with van der Waals surface area (Å²) in [4.78, 5) is 0. The van der Waals surface area contributed by atoms with Crippen molar-refractivity contribution < 1.29 is 4.74 Å².